The summed E-state index contributed by atoms with van der Waals surface area (Å²) in [6, 6.07) is 10.8. The summed E-state index contributed by atoms with van der Waals surface area (Å²) in [5.74, 6) is 0.585. The maximum absolute atomic E-state index is 3.71. The lowest BCUT2D eigenvalue weighted by Crippen LogP contribution is -2.50. The number of nitrogens with zero attached hydrogens (tertiary/aromatic N) is 1. The van der Waals surface area contributed by atoms with Crippen molar-refractivity contribution in [3.8, 4) is 0 Å². The minimum absolute atomic E-state index is 0.399. The van der Waals surface area contributed by atoms with Gasteiger partial charge in [0.1, 0.15) is 0 Å². The Morgan fingerprint density at radius 2 is 1.79 bits per heavy atom. The van der Waals surface area contributed by atoms with E-state index in [-0.39, 0.29) is 0 Å². The third kappa shape index (κ3) is 3.58. The molecule has 19 heavy (non-hydrogen) atoms. The van der Waals surface area contributed by atoms with Gasteiger partial charge in [-0.25, -0.2) is 0 Å². The maximum atomic E-state index is 3.71. The van der Waals surface area contributed by atoms with Crippen molar-refractivity contribution in [3.63, 3.8) is 0 Å². The van der Waals surface area contributed by atoms with E-state index in [1.165, 1.54) is 31.2 Å². The first-order valence-corrected chi connectivity index (χ1v) is 7.57. The van der Waals surface area contributed by atoms with Crippen LogP contribution in [0.4, 0.5) is 0 Å². The summed E-state index contributed by atoms with van der Waals surface area (Å²) in [6.07, 6.45) is 5.45. The van der Waals surface area contributed by atoms with Crippen LogP contribution in [0.5, 0.6) is 0 Å². The van der Waals surface area contributed by atoms with Crippen molar-refractivity contribution in [2.24, 2.45) is 0 Å². The zero-order valence-corrected chi connectivity index (χ0v) is 12.7. The van der Waals surface area contributed by atoms with E-state index in [0.29, 0.717) is 11.5 Å². The number of benzene rings is 1. The molecule has 2 rings (SSSR count). The summed E-state index contributed by atoms with van der Waals surface area (Å²) in [6.45, 7) is 4.50. The standard InChI is InChI=1S/C17H28N2/c1-15(16-9-5-4-6-10-16)13-18-14-17(19(2)3)11-7-8-12-17/h4-6,9-10,15,18H,7-8,11-14H2,1-3H3. The molecule has 1 aliphatic carbocycles. The van der Waals surface area contributed by atoms with Gasteiger partial charge in [-0.1, -0.05) is 50.1 Å². The van der Waals surface area contributed by atoms with E-state index in [1.54, 1.807) is 0 Å². The van der Waals surface area contributed by atoms with Crippen molar-refractivity contribution in [2.75, 3.05) is 27.2 Å². The fraction of sp³-hybridized carbons (Fsp3) is 0.647. The molecule has 1 saturated carbocycles. The Morgan fingerprint density at radius 1 is 1.16 bits per heavy atom. The van der Waals surface area contributed by atoms with Crippen molar-refractivity contribution in [2.45, 2.75) is 44.1 Å². The molecule has 0 aromatic heterocycles. The number of hydrogen-bond donors (Lipinski definition) is 1. The highest BCUT2D eigenvalue weighted by Gasteiger charge is 2.35. The van der Waals surface area contributed by atoms with Crippen LogP contribution < -0.4 is 5.32 Å². The first-order chi connectivity index (χ1) is 9.14. The summed E-state index contributed by atoms with van der Waals surface area (Å²) in [5, 5.41) is 3.71. The van der Waals surface area contributed by atoms with E-state index in [0.717, 1.165) is 13.1 Å². The molecular formula is C17H28N2. The fourth-order valence-corrected chi connectivity index (χ4v) is 3.24. The van der Waals surface area contributed by atoms with Crippen LogP contribution in [-0.4, -0.2) is 37.6 Å². The third-order valence-corrected chi connectivity index (χ3v) is 4.76. The second-order valence-electron chi connectivity index (χ2n) is 6.27. The minimum atomic E-state index is 0.399. The van der Waals surface area contributed by atoms with Gasteiger partial charge in [0.05, 0.1) is 0 Å². The van der Waals surface area contributed by atoms with Crippen molar-refractivity contribution in [3.05, 3.63) is 35.9 Å². The molecule has 1 atom stereocenters. The highest BCUT2D eigenvalue weighted by molar-refractivity contribution is 5.19. The SMILES string of the molecule is CC(CNCC1(N(C)C)CCCC1)c1ccccc1. The molecule has 0 radical (unpaired) electrons. The lowest BCUT2D eigenvalue weighted by Gasteiger charge is -2.37. The smallest absolute Gasteiger partial charge is 0.0327 e. The van der Waals surface area contributed by atoms with Crippen molar-refractivity contribution >= 4 is 0 Å². The van der Waals surface area contributed by atoms with Gasteiger partial charge in [-0.3, -0.25) is 0 Å². The van der Waals surface area contributed by atoms with Crippen LogP contribution in [0, 0.1) is 0 Å². The molecule has 0 bridgehead atoms. The molecule has 1 aromatic rings. The Balaban J connectivity index is 1.83. The predicted molar refractivity (Wildman–Crippen MR) is 82.6 cm³/mol. The number of hydrogen-bond acceptors (Lipinski definition) is 2. The summed E-state index contributed by atoms with van der Waals surface area (Å²) >= 11 is 0. The summed E-state index contributed by atoms with van der Waals surface area (Å²) in [4.78, 5) is 2.43. The molecule has 0 aliphatic heterocycles. The van der Waals surface area contributed by atoms with Crippen LogP contribution in [0.1, 0.15) is 44.1 Å². The molecule has 1 aromatic carbocycles. The molecule has 0 amide bonds. The lowest BCUT2D eigenvalue weighted by molar-refractivity contribution is 0.153. The normalized spacial score (nSPS) is 19.8. The molecule has 2 heteroatoms. The predicted octanol–water partition coefficient (Wildman–Crippen LogP) is 3.25. The summed E-state index contributed by atoms with van der Waals surface area (Å²) in [5.41, 5.74) is 1.83. The van der Waals surface area contributed by atoms with Gasteiger partial charge in [0.15, 0.2) is 0 Å². The molecule has 2 nitrogen and oxygen atoms in total. The Morgan fingerprint density at radius 3 is 2.37 bits per heavy atom. The molecule has 1 unspecified atom stereocenters. The Labute approximate surface area is 118 Å². The van der Waals surface area contributed by atoms with Crippen molar-refractivity contribution in [1.29, 1.82) is 0 Å². The zero-order valence-electron chi connectivity index (χ0n) is 12.7. The highest BCUT2D eigenvalue weighted by atomic mass is 15.2. The molecule has 0 spiro atoms. The summed E-state index contributed by atoms with van der Waals surface area (Å²) < 4.78 is 0. The van der Waals surface area contributed by atoms with Gasteiger partial charge in [-0.15, -0.1) is 0 Å². The van der Waals surface area contributed by atoms with E-state index in [9.17, 15) is 0 Å². The Kier molecular flexibility index (Phi) is 5.00. The average molecular weight is 260 g/mol. The number of rotatable bonds is 6. The zero-order chi connectivity index (χ0) is 13.7. The second kappa shape index (κ2) is 6.53. The van der Waals surface area contributed by atoms with E-state index < -0.39 is 0 Å². The fourth-order valence-electron chi connectivity index (χ4n) is 3.24. The van der Waals surface area contributed by atoms with Crippen LogP contribution in [0.25, 0.3) is 0 Å². The van der Waals surface area contributed by atoms with Gasteiger partial charge in [0.25, 0.3) is 0 Å². The monoisotopic (exact) mass is 260 g/mol. The Bertz CT molecular complexity index is 366. The Hall–Kier alpha value is -0.860. The molecular weight excluding hydrogens is 232 g/mol. The van der Waals surface area contributed by atoms with Gasteiger partial charge in [0, 0.05) is 18.6 Å². The van der Waals surface area contributed by atoms with Gasteiger partial charge >= 0.3 is 0 Å². The lowest BCUT2D eigenvalue weighted by atomic mass is 9.95. The van der Waals surface area contributed by atoms with E-state index in [4.69, 9.17) is 0 Å². The third-order valence-electron chi connectivity index (χ3n) is 4.76. The minimum Gasteiger partial charge on any atom is -0.314 e. The first-order valence-electron chi connectivity index (χ1n) is 7.57. The molecule has 106 valence electrons. The topological polar surface area (TPSA) is 15.3 Å². The molecule has 0 saturated heterocycles. The van der Waals surface area contributed by atoms with Gasteiger partial charge in [-0.2, -0.15) is 0 Å². The van der Waals surface area contributed by atoms with Gasteiger partial charge in [0.2, 0.25) is 0 Å². The number of likely N-dealkylation sites (N-methyl/N-ethyl adjacent to an activating group) is 1. The van der Waals surface area contributed by atoms with Gasteiger partial charge < -0.3 is 10.2 Å². The number of nitrogens with one attached hydrogen (secondary N) is 1. The maximum Gasteiger partial charge on any atom is 0.0327 e. The summed E-state index contributed by atoms with van der Waals surface area (Å²) in [7, 11) is 4.46. The van der Waals surface area contributed by atoms with Crippen LogP contribution in [0.15, 0.2) is 30.3 Å². The van der Waals surface area contributed by atoms with Crippen LogP contribution >= 0.6 is 0 Å². The van der Waals surface area contributed by atoms with Crippen molar-refractivity contribution < 1.29 is 0 Å². The first kappa shape index (κ1) is 14.5. The van der Waals surface area contributed by atoms with Gasteiger partial charge in [-0.05, 0) is 38.4 Å². The molecule has 1 aliphatic rings. The van der Waals surface area contributed by atoms with E-state index >= 15 is 0 Å². The van der Waals surface area contributed by atoms with Crippen LogP contribution in [0.2, 0.25) is 0 Å². The largest absolute Gasteiger partial charge is 0.314 e. The quantitative estimate of drug-likeness (QED) is 0.844. The average Bonchev–Trinajstić information content (AvgIpc) is 2.90. The molecule has 1 fully saturated rings. The van der Waals surface area contributed by atoms with Crippen LogP contribution in [0.3, 0.4) is 0 Å². The highest BCUT2D eigenvalue weighted by Crippen LogP contribution is 2.33. The van der Waals surface area contributed by atoms with E-state index in [1.807, 2.05) is 0 Å². The van der Waals surface area contributed by atoms with Crippen LogP contribution in [-0.2, 0) is 0 Å². The van der Waals surface area contributed by atoms with Crippen molar-refractivity contribution in [1.82, 2.24) is 10.2 Å². The van der Waals surface area contributed by atoms with E-state index in [2.05, 4.69) is 61.6 Å². The second-order valence-corrected chi connectivity index (χ2v) is 6.27. The molecule has 1 N–H and O–H groups in total. The molecule has 0 heterocycles.